The topological polar surface area (TPSA) is 66.6 Å². The van der Waals surface area contributed by atoms with Crippen LogP contribution in [0.3, 0.4) is 0 Å². The van der Waals surface area contributed by atoms with Gasteiger partial charge in [0.2, 0.25) is 11.8 Å². The monoisotopic (exact) mass is 345 g/mol. The van der Waals surface area contributed by atoms with Gasteiger partial charge in [0.15, 0.2) is 0 Å². The Morgan fingerprint density at radius 3 is 2.22 bits per heavy atom. The molecular formula is C17H32ClN3O2. The zero-order valence-corrected chi connectivity index (χ0v) is 15.2. The number of nitrogens with two attached hydrogens (primary N) is 1. The van der Waals surface area contributed by atoms with E-state index in [-0.39, 0.29) is 30.3 Å². The third-order valence-corrected chi connectivity index (χ3v) is 5.10. The first-order valence-corrected chi connectivity index (χ1v) is 8.94. The van der Waals surface area contributed by atoms with Crippen LogP contribution in [0, 0.1) is 5.92 Å². The minimum absolute atomic E-state index is 0. The number of hydrogen-bond acceptors (Lipinski definition) is 3. The smallest absolute Gasteiger partial charge is 0.239 e. The van der Waals surface area contributed by atoms with Gasteiger partial charge in [0, 0.05) is 32.6 Å². The molecule has 2 rings (SSSR count). The van der Waals surface area contributed by atoms with E-state index in [1.165, 1.54) is 25.7 Å². The minimum atomic E-state index is -0.380. The molecule has 2 N–H and O–H groups in total. The molecule has 1 saturated heterocycles. The average Bonchev–Trinajstić information content (AvgIpc) is 3.05. The van der Waals surface area contributed by atoms with Crippen molar-refractivity contribution < 1.29 is 9.59 Å². The third kappa shape index (κ3) is 5.96. The van der Waals surface area contributed by atoms with Gasteiger partial charge in [0.05, 0.1) is 6.04 Å². The number of halogens is 1. The van der Waals surface area contributed by atoms with Gasteiger partial charge in [0.1, 0.15) is 0 Å². The molecule has 1 heterocycles. The highest BCUT2D eigenvalue weighted by Gasteiger charge is 2.27. The van der Waals surface area contributed by atoms with Gasteiger partial charge in [-0.15, -0.1) is 12.4 Å². The van der Waals surface area contributed by atoms with Gasteiger partial charge in [0.25, 0.3) is 0 Å². The molecule has 1 aliphatic heterocycles. The first-order chi connectivity index (χ1) is 10.6. The zero-order chi connectivity index (χ0) is 15.9. The van der Waals surface area contributed by atoms with Gasteiger partial charge in [-0.1, -0.05) is 39.0 Å². The van der Waals surface area contributed by atoms with Crippen molar-refractivity contribution in [3.8, 4) is 0 Å². The Morgan fingerprint density at radius 2 is 1.65 bits per heavy atom. The van der Waals surface area contributed by atoms with Gasteiger partial charge < -0.3 is 15.5 Å². The van der Waals surface area contributed by atoms with Crippen LogP contribution in [-0.2, 0) is 9.59 Å². The molecule has 1 unspecified atom stereocenters. The van der Waals surface area contributed by atoms with Crippen LogP contribution in [0.15, 0.2) is 0 Å². The highest BCUT2D eigenvalue weighted by molar-refractivity contribution is 5.85. The van der Waals surface area contributed by atoms with Crippen molar-refractivity contribution in [2.24, 2.45) is 11.7 Å². The quantitative estimate of drug-likeness (QED) is 0.802. The maximum atomic E-state index is 12.3. The molecule has 0 aromatic carbocycles. The molecular weight excluding hydrogens is 314 g/mol. The van der Waals surface area contributed by atoms with E-state index in [1.54, 1.807) is 0 Å². The molecule has 2 aliphatic rings. The van der Waals surface area contributed by atoms with Crippen LogP contribution in [0.25, 0.3) is 0 Å². The third-order valence-electron chi connectivity index (χ3n) is 5.10. The standard InChI is InChI=1S/C17H31N3O2.ClH/c1-2-5-15(18)17(22)20-12-10-19(11-13-20)16(21)9-8-14-6-3-4-7-14;/h14-15H,2-13,18H2,1H3;1H. The Morgan fingerprint density at radius 1 is 1.09 bits per heavy atom. The zero-order valence-electron chi connectivity index (χ0n) is 14.3. The molecule has 1 aliphatic carbocycles. The van der Waals surface area contributed by atoms with Crippen LogP contribution in [0.1, 0.15) is 58.3 Å². The second-order valence-corrected chi connectivity index (χ2v) is 6.79. The van der Waals surface area contributed by atoms with Crippen molar-refractivity contribution in [1.29, 1.82) is 0 Å². The van der Waals surface area contributed by atoms with Gasteiger partial charge >= 0.3 is 0 Å². The highest BCUT2D eigenvalue weighted by Crippen LogP contribution is 2.28. The second kappa shape index (κ2) is 10.1. The SMILES string of the molecule is CCCC(N)C(=O)N1CCN(C(=O)CCC2CCCC2)CC1.Cl. The van der Waals surface area contributed by atoms with E-state index in [1.807, 2.05) is 16.7 Å². The molecule has 6 heteroatoms. The molecule has 0 bridgehead atoms. The molecule has 0 spiro atoms. The molecule has 23 heavy (non-hydrogen) atoms. The van der Waals surface area contributed by atoms with Crippen LogP contribution in [-0.4, -0.2) is 53.8 Å². The van der Waals surface area contributed by atoms with Crippen molar-refractivity contribution in [1.82, 2.24) is 9.80 Å². The van der Waals surface area contributed by atoms with E-state index >= 15 is 0 Å². The van der Waals surface area contributed by atoms with Crippen LogP contribution in [0.2, 0.25) is 0 Å². The van der Waals surface area contributed by atoms with Crippen molar-refractivity contribution in [3.63, 3.8) is 0 Å². The Hall–Kier alpha value is -0.810. The molecule has 1 saturated carbocycles. The summed E-state index contributed by atoms with van der Waals surface area (Å²) in [4.78, 5) is 28.2. The minimum Gasteiger partial charge on any atom is -0.339 e. The predicted octanol–water partition coefficient (Wildman–Crippen LogP) is 2.18. The lowest BCUT2D eigenvalue weighted by Crippen LogP contribution is -2.54. The van der Waals surface area contributed by atoms with Crippen LogP contribution < -0.4 is 5.73 Å². The lowest BCUT2D eigenvalue weighted by Gasteiger charge is -2.36. The van der Waals surface area contributed by atoms with Crippen molar-refractivity contribution in [2.45, 2.75) is 64.3 Å². The van der Waals surface area contributed by atoms with E-state index < -0.39 is 0 Å². The molecule has 134 valence electrons. The van der Waals surface area contributed by atoms with Crippen LogP contribution >= 0.6 is 12.4 Å². The maximum absolute atomic E-state index is 12.3. The molecule has 2 fully saturated rings. The normalized spacial score (nSPS) is 20.3. The second-order valence-electron chi connectivity index (χ2n) is 6.79. The number of hydrogen-bond donors (Lipinski definition) is 1. The van der Waals surface area contributed by atoms with E-state index in [2.05, 4.69) is 0 Å². The fraction of sp³-hybridized carbons (Fsp3) is 0.882. The number of rotatable bonds is 6. The van der Waals surface area contributed by atoms with Gasteiger partial charge in [-0.3, -0.25) is 9.59 Å². The summed E-state index contributed by atoms with van der Waals surface area (Å²) in [6, 6.07) is -0.380. The van der Waals surface area contributed by atoms with Crippen LogP contribution in [0.4, 0.5) is 0 Å². The Kier molecular flexibility index (Phi) is 8.92. The van der Waals surface area contributed by atoms with Crippen molar-refractivity contribution >= 4 is 24.2 Å². The first-order valence-electron chi connectivity index (χ1n) is 8.94. The lowest BCUT2D eigenvalue weighted by molar-refractivity contribution is -0.140. The summed E-state index contributed by atoms with van der Waals surface area (Å²) in [5, 5.41) is 0. The number of piperazine rings is 1. The van der Waals surface area contributed by atoms with Crippen molar-refractivity contribution in [3.05, 3.63) is 0 Å². The number of amides is 2. The van der Waals surface area contributed by atoms with Gasteiger partial charge in [-0.25, -0.2) is 0 Å². The summed E-state index contributed by atoms with van der Waals surface area (Å²) >= 11 is 0. The largest absolute Gasteiger partial charge is 0.339 e. The summed E-state index contributed by atoms with van der Waals surface area (Å²) in [5.41, 5.74) is 5.90. The van der Waals surface area contributed by atoms with Crippen molar-refractivity contribution in [2.75, 3.05) is 26.2 Å². The molecule has 0 radical (unpaired) electrons. The first kappa shape index (κ1) is 20.2. The Bertz CT molecular complexity index is 378. The average molecular weight is 346 g/mol. The molecule has 0 aromatic heterocycles. The lowest BCUT2D eigenvalue weighted by atomic mass is 10.0. The van der Waals surface area contributed by atoms with E-state index in [0.717, 1.165) is 25.2 Å². The maximum Gasteiger partial charge on any atom is 0.239 e. The molecule has 0 aromatic rings. The van der Waals surface area contributed by atoms with E-state index in [9.17, 15) is 9.59 Å². The Labute approximate surface area is 146 Å². The summed E-state index contributed by atoms with van der Waals surface area (Å²) in [5.74, 6) is 1.07. The molecule has 2 amide bonds. The van der Waals surface area contributed by atoms with Gasteiger partial charge in [-0.05, 0) is 18.8 Å². The number of carbonyl (C=O) groups is 2. The molecule has 5 nitrogen and oxygen atoms in total. The summed E-state index contributed by atoms with van der Waals surface area (Å²) in [7, 11) is 0. The highest BCUT2D eigenvalue weighted by atomic mass is 35.5. The summed E-state index contributed by atoms with van der Waals surface area (Å²) in [6.07, 6.45) is 8.63. The van der Waals surface area contributed by atoms with E-state index in [0.29, 0.717) is 32.6 Å². The predicted molar refractivity (Wildman–Crippen MR) is 94.5 cm³/mol. The van der Waals surface area contributed by atoms with E-state index in [4.69, 9.17) is 5.73 Å². The summed E-state index contributed by atoms with van der Waals surface area (Å²) in [6.45, 7) is 4.62. The Balaban J connectivity index is 0.00000264. The number of carbonyl (C=O) groups excluding carboxylic acids is 2. The number of nitrogens with zero attached hydrogens (tertiary/aromatic N) is 2. The fourth-order valence-corrected chi connectivity index (χ4v) is 3.63. The molecule has 1 atom stereocenters. The van der Waals surface area contributed by atoms with Gasteiger partial charge in [-0.2, -0.15) is 0 Å². The van der Waals surface area contributed by atoms with Crippen LogP contribution in [0.5, 0.6) is 0 Å². The summed E-state index contributed by atoms with van der Waals surface area (Å²) < 4.78 is 0. The fourth-order valence-electron chi connectivity index (χ4n) is 3.63.